The average molecular weight is 183 g/mol. The third kappa shape index (κ3) is 2.03. The van der Waals surface area contributed by atoms with Crippen molar-refractivity contribution in [3.05, 3.63) is 11.8 Å². The van der Waals surface area contributed by atoms with Gasteiger partial charge < -0.3 is 15.2 Å². The maximum Gasteiger partial charge on any atom is 0.111 e. The van der Waals surface area contributed by atoms with E-state index in [-0.39, 0.29) is 12.1 Å². The highest BCUT2D eigenvalue weighted by Crippen LogP contribution is 2.22. The molecule has 3 heteroatoms. The molecule has 2 rings (SSSR count). The second kappa shape index (κ2) is 4.11. The molecular weight excluding hydrogens is 166 g/mol. The molecule has 0 aliphatic carbocycles. The Bertz CT molecular complexity index is 197. The summed E-state index contributed by atoms with van der Waals surface area (Å²) in [5.41, 5.74) is 6.04. The Morgan fingerprint density at radius 1 is 1.38 bits per heavy atom. The lowest BCUT2D eigenvalue weighted by Gasteiger charge is -2.28. The van der Waals surface area contributed by atoms with E-state index in [1.165, 1.54) is 12.8 Å². The molecule has 0 spiro atoms. The maximum atomic E-state index is 6.04. The standard InChI is InChI=1S/C10H17NO2/c11-10(9-5-3-7-13-9)8-4-1-2-6-12-8/h5,8,10H,1-4,6-7,11H2. The van der Waals surface area contributed by atoms with Crippen molar-refractivity contribution in [1.29, 1.82) is 0 Å². The second-order valence-electron chi connectivity index (χ2n) is 3.67. The van der Waals surface area contributed by atoms with E-state index in [1.54, 1.807) is 0 Å². The van der Waals surface area contributed by atoms with Crippen LogP contribution in [0.15, 0.2) is 11.8 Å². The summed E-state index contributed by atoms with van der Waals surface area (Å²) in [6, 6.07) is -0.0391. The normalized spacial score (nSPS) is 30.8. The Morgan fingerprint density at radius 2 is 2.31 bits per heavy atom. The van der Waals surface area contributed by atoms with Gasteiger partial charge in [0.05, 0.1) is 18.8 Å². The SMILES string of the molecule is NC(C1=CCCO1)C1CCCCO1. The van der Waals surface area contributed by atoms with Crippen molar-refractivity contribution < 1.29 is 9.47 Å². The van der Waals surface area contributed by atoms with Gasteiger partial charge in [-0.2, -0.15) is 0 Å². The molecule has 1 saturated heterocycles. The first-order chi connectivity index (χ1) is 6.38. The van der Waals surface area contributed by atoms with Crippen molar-refractivity contribution >= 4 is 0 Å². The van der Waals surface area contributed by atoms with Crippen molar-refractivity contribution in [1.82, 2.24) is 0 Å². The lowest BCUT2D eigenvalue weighted by atomic mass is 10.0. The molecule has 0 bridgehead atoms. The Kier molecular flexibility index (Phi) is 2.86. The van der Waals surface area contributed by atoms with Crippen LogP contribution in [0.5, 0.6) is 0 Å². The van der Waals surface area contributed by atoms with Crippen LogP contribution in [0.25, 0.3) is 0 Å². The molecule has 2 aliphatic heterocycles. The first-order valence-electron chi connectivity index (χ1n) is 5.08. The van der Waals surface area contributed by atoms with E-state index >= 15 is 0 Å². The summed E-state index contributed by atoms with van der Waals surface area (Å²) in [4.78, 5) is 0. The van der Waals surface area contributed by atoms with Gasteiger partial charge in [-0.1, -0.05) is 0 Å². The maximum absolute atomic E-state index is 6.04. The van der Waals surface area contributed by atoms with Crippen LogP contribution in [0.1, 0.15) is 25.7 Å². The molecule has 74 valence electrons. The molecule has 2 aliphatic rings. The lowest BCUT2D eigenvalue weighted by Crippen LogP contribution is -2.40. The number of ether oxygens (including phenoxy) is 2. The first-order valence-corrected chi connectivity index (χ1v) is 5.08. The van der Waals surface area contributed by atoms with E-state index in [4.69, 9.17) is 15.2 Å². The molecule has 13 heavy (non-hydrogen) atoms. The van der Waals surface area contributed by atoms with Crippen LogP contribution in [-0.4, -0.2) is 25.4 Å². The Hall–Kier alpha value is -0.540. The largest absolute Gasteiger partial charge is 0.496 e. The minimum Gasteiger partial charge on any atom is -0.496 e. The molecule has 1 fully saturated rings. The Balaban J connectivity index is 1.90. The molecule has 0 amide bonds. The van der Waals surface area contributed by atoms with Crippen LogP contribution in [0.3, 0.4) is 0 Å². The summed E-state index contributed by atoms with van der Waals surface area (Å²) >= 11 is 0. The number of nitrogens with two attached hydrogens (primary N) is 1. The van der Waals surface area contributed by atoms with Crippen molar-refractivity contribution in [2.75, 3.05) is 13.2 Å². The fraction of sp³-hybridized carbons (Fsp3) is 0.800. The minimum absolute atomic E-state index is 0.0391. The fourth-order valence-corrected chi connectivity index (χ4v) is 1.90. The summed E-state index contributed by atoms with van der Waals surface area (Å²) in [6.45, 7) is 1.64. The van der Waals surface area contributed by atoms with Crippen molar-refractivity contribution in [3.8, 4) is 0 Å². The van der Waals surface area contributed by atoms with Crippen molar-refractivity contribution in [2.45, 2.75) is 37.8 Å². The van der Waals surface area contributed by atoms with Crippen LogP contribution < -0.4 is 5.73 Å². The highest BCUT2D eigenvalue weighted by atomic mass is 16.5. The van der Waals surface area contributed by atoms with Gasteiger partial charge in [0.25, 0.3) is 0 Å². The van der Waals surface area contributed by atoms with Gasteiger partial charge in [-0.15, -0.1) is 0 Å². The van der Waals surface area contributed by atoms with Gasteiger partial charge in [-0.25, -0.2) is 0 Å². The molecule has 2 heterocycles. The second-order valence-corrected chi connectivity index (χ2v) is 3.67. The highest BCUT2D eigenvalue weighted by molar-refractivity contribution is 5.08. The van der Waals surface area contributed by atoms with Crippen LogP contribution >= 0.6 is 0 Å². The van der Waals surface area contributed by atoms with Gasteiger partial charge in [-0.05, 0) is 25.3 Å². The van der Waals surface area contributed by atoms with E-state index in [0.29, 0.717) is 0 Å². The highest BCUT2D eigenvalue weighted by Gasteiger charge is 2.26. The molecule has 2 atom stereocenters. The number of hydrogen-bond acceptors (Lipinski definition) is 3. The van der Waals surface area contributed by atoms with Gasteiger partial charge in [-0.3, -0.25) is 0 Å². The molecule has 0 aromatic rings. The zero-order valence-corrected chi connectivity index (χ0v) is 7.87. The summed E-state index contributed by atoms with van der Waals surface area (Å²) in [5, 5.41) is 0. The van der Waals surface area contributed by atoms with Crippen molar-refractivity contribution in [2.24, 2.45) is 5.73 Å². The summed E-state index contributed by atoms with van der Waals surface area (Å²) in [6.07, 6.45) is 6.73. The molecule has 2 N–H and O–H groups in total. The summed E-state index contributed by atoms with van der Waals surface area (Å²) < 4.78 is 11.0. The van der Waals surface area contributed by atoms with Gasteiger partial charge in [0.15, 0.2) is 0 Å². The van der Waals surface area contributed by atoms with Crippen LogP contribution in [0, 0.1) is 0 Å². The summed E-state index contributed by atoms with van der Waals surface area (Å²) in [7, 11) is 0. The summed E-state index contributed by atoms with van der Waals surface area (Å²) in [5.74, 6) is 0.937. The van der Waals surface area contributed by atoms with Crippen molar-refractivity contribution in [3.63, 3.8) is 0 Å². The predicted octanol–water partition coefficient (Wildman–Crippen LogP) is 1.19. The molecule has 0 radical (unpaired) electrons. The van der Waals surface area contributed by atoms with E-state index in [2.05, 4.69) is 6.08 Å². The Morgan fingerprint density at radius 3 is 2.92 bits per heavy atom. The molecule has 0 saturated carbocycles. The molecular formula is C10H17NO2. The first kappa shape index (κ1) is 9.03. The zero-order chi connectivity index (χ0) is 9.10. The van der Waals surface area contributed by atoms with Crippen LogP contribution in [0.4, 0.5) is 0 Å². The lowest BCUT2D eigenvalue weighted by molar-refractivity contribution is -0.00238. The monoisotopic (exact) mass is 183 g/mol. The third-order valence-electron chi connectivity index (χ3n) is 2.68. The fourth-order valence-electron chi connectivity index (χ4n) is 1.90. The van der Waals surface area contributed by atoms with Gasteiger partial charge in [0, 0.05) is 13.0 Å². The average Bonchev–Trinajstić information content (AvgIpc) is 2.71. The van der Waals surface area contributed by atoms with E-state index in [9.17, 15) is 0 Å². The van der Waals surface area contributed by atoms with Crippen LogP contribution in [0.2, 0.25) is 0 Å². The molecule has 3 nitrogen and oxygen atoms in total. The Labute approximate surface area is 78.9 Å². The van der Waals surface area contributed by atoms with Gasteiger partial charge >= 0.3 is 0 Å². The zero-order valence-electron chi connectivity index (χ0n) is 7.87. The van der Waals surface area contributed by atoms with E-state index < -0.39 is 0 Å². The number of hydrogen-bond donors (Lipinski definition) is 1. The number of rotatable bonds is 2. The molecule has 2 unspecified atom stereocenters. The third-order valence-corrected chi connectivity index (χ3v) is 2.68. The van der Waals surface area contributed by atoms with E-state index in [0.717, 1.165) is 31.8 Å². The van der Waals surface area contributed by atoms with Gasteiger partial charge in [0.2, 0.25) is 0 Å². The smallest absolute Gasteiger partial charge is 0.111 e. The van der Waals surface area contributed by atoms with Crippen LogP contribution in [-0.2, 0) is 9.47 Å². The topological polar surface area (TPSA) is 44.5 Å². The minimum atomic E-state index is -0.0391. The van der Waals surface area contributed by atoms with E-state index in [1.807, 2.05) is 0 Å². The van der Waals surface area contributed by atoms with Gasteiger partial charge in [0.1, 0.15) is 5.76 Å². The quantitative estimate of drug-likeness (QED) is 0.699. The molecule has 0 aromatic carbocycles. The predicted molar refractivity (Wildman–Crippen MR) is 50.2 cm³/mol. The molecule has 0 aromatic heterocycles.